The number of hydrogen-bond donors (Lipinski definition) is 1. The van der Waals surface area contributed by atoms with Crippen molar-refractivity contribution in [3.8, 4) is 11.1 Å². The maximum absolute atomic E-state index is 6.12. The van der Waals surface area contributed by atoms with Gasteiger partial charge >= 0.3 is 0 Å². The van der Waals surface area contributed by atoms with Crippen LogP contribution in [0.5, 0.6) is 0 Å². The number of nitrogen functional groups attached to an aromatic ring is 1. The van der Waals surface area contributed by atoms with Crippen LogP contribution in [0.1, 0.15) is 62.5 Å². The lowest BCUT2D eigenvalue weighted by Gasteiger charge is -2.10. The minimum Gasteiger partial charge on any atom is -0.398 e. The van der Waals surface area contributed by atoms with Gasteiger partial charge in [-0.2, -0.15) is 5.10 Å². The molecule has 1 heterocycles. The maximum Gasteiger partial charge on any atom is 0.0684 e. The summed E-state index contributed by atoms with van der Waals surface area (Å²) in [4.78, 5) is 0. The predicted octanol–water partition coefficient (Wildman–Crippen LogP) is 5.82. The molecule has 27 heavy (non-hydrogen) atoms. The standard InChI is InChI=1S/C24H31N3/c1-5-15-27-23(20(6-2)24(26-27)17(3)4)16-18-11-13-19(14-12-18)21-9-7-8-10-22(21)25/h7-14,17H,5-6,15-16,25H2,1-4H3. The second-order valence-corrected chi connectivity index (χ2v) is 7.50. The predicted molar refractivity (Wildman–Crippen MR) is 115 cm³/mol. The van der Waals surface area contributed by atoms with Gasteiger partial charge in [-0.05, 0) is 41.5 Å². The van der Waals surface area contributed by atoms with Gasteiger partial charge in [-0.3, -0.25) is 4.68 Å². The molecule has 0 aliphatic carbocycles. The highest BCUT2D eigenvalue weighted by molar-refractivity contribution is 5.76. The summed E-state index contributed by atoms with van der Waals surface area (Å²) in [5.74, 6) is 0.459. The number of benzene rings is 2. The Morgan fingerprint density at radius 1 is 1.00 bits per heavy atom. The molecule has 0 radical (unpaired) electrons. The largest absolute Gasteiger partial charge is 0.398 e. The van der Waals surface area contributed by atoms with E-state index in [9.17, 15) is 0 Å². The number of anilines is 1. The number of para-hydroxylation sites is 1. The summed E-state index contributed by atoms with van der Waals surface area (Å²) in [7, 11) is 0. The zero-order valence-electron chi connectivity index (χ0n) is 17.0. The number of nitrogens with zero attached hydrogens (tertiary/aromatic N) is 2. The molecule has 2 N–H and O–H groups in total. The van der Waals surface area contributed by atoms with Crippen LogP contribution >= 0.6 is 0 Å². The fourth-order valence-corrected chi connectivity index (χ4v) is 3.75. The molecular weight excluding hydrogens is 330 g/mol. The minimum absolute atomic E-state index is 0.459. The molecular formula is C24H31N3. The van der Waals surface area contributed by atoms with Crippen molar-refractivity contribution in [3.05, 3.63) is 71.0 Å². The number of aryl methyl sites for hydroxylation is 1. The first-order valence-corrected chi connectivity index (χ1v) is 10.1. The van der Waals surface area contributed by atoms with Gasteiger partial charge < -0.3 is 5.73 Å². The van der Waals surface area contributed by atoms with Gasteiger partial charge in [0.15, 0.2) is 0 Å². The third-order valence-corrected chi connectivity index (χ3v) is 5.13. The normalized spacial score (nSPS) is 11.3. The van der Waals surface area contributed by atoms with Crippen molar-refractivity contribution < 1.29 is 0 Å². The quantitative estimate of drug-likeness (QED) is 0.539. The Morgan fingerprint density at radius 2 is 1.70 bits per heavy atom. The number of aromatic nitrogens is 2. The molecule has 0 bridgehead atoms. The zero-order chi connectivity index (χ0) is 19.4. The molecule has 2 aromatic carbocycles. The summed E-state index contributed by atoms with van der Waals surface area (Å²) in [6.45, 7) is 9.91. The Hall–Kier alpha value is -2.55. The average Bonchev–Trinajstić information content (AvgIpc) is 3.01. The van der Waals surface area contributed by atoms with Crippen molar-refractivity contribution in [2.24, 2.45) is 0 Å². The third kappa shape index (κ3) is 4.08. The first-order valence-electron chi connectivity index (χ1n) is 10.1. The van der Waals surface area contributed by atoms with Gasteiger partial charge in [0, 0.05) is 29.9 Å². The topological polar surface area (TPSA) is 43.8 Å². The van der Waals surface area contributed by atoms with E-state index in [0.717, 1.165) is 42.6 Å². The molecule has 0 fully saturated rings. The van der Waals surface area contributed by atoms with Crippen molar-refractivity contribution in [1.29, 1.82) is 0 Å². The lowest BCUT2D eigenvalue weighted by Crippen LogP contribution is -2.06. The van der Waals surface area contributed by atoms with Crippen LogP contribution in [0.15, 0.2) is 48.5 Å². The molecule has 0 amide bonds. The fraction of sp³-hybridized carbons (Fsp3) is 0.375. The Balaban J connectivity index is 1.92. The summed E-state index contributed by atoms with van der Waals surface area (Å²) in [6, 6.07) is 16.8. The highest BCUT2D eigenvalue weighted by Gasteiger charge is 2.18. The van der Waals surface area contributed by atoms with Crippen LogP contribution in [0.25, 0.3) is 11.1 Å². The van der Waals surface area contributed by atoms with Gasteiger partial charge in [-0.25, -0.2) is 0 Å². The smallest absolute Gasteiger partial charge is 0.0684 e. The lowest BCUT2D eigenvalue weighted by molar-refractivity contribution is 0.568. The maximum atomic E-state index is 6.12. The van der Waals surface area contributed by atoms with Crippen molar-refractivity contribution >= 4 is 5.69 Å². The van der Waals surface area contributed by atoms with Crippen LogP contribution in [0.4, 0.5) is 5.69 Å². The third-order valence-electron chi connectivity index (χ3n) is 5.13. The van der Waals surface area contributed by atoms with Crippen molar-refractivity contribution in [3.63, 3.8) is 0 Å². The summed E-state index contributed by atoms with van der Waals surface area (Å²) >= 11 is 0. The summed E-state index contributed by atoms with van der Waals surface area (Å²) in [6.07, 6.45) is 3.06. The second kappa shape index (κ2) is 8.43. The second-order valence-electron chi connectivity index (χ2n) is 7.50. The molecule has 142 valence electrons. The molecule has 0 aliphatic rings. The van der Waals surface area contributed by atoms with Crippen LogP contribution < -0.4 is 5.73 Å². The molecule has 0 saturated carbocycles. The molecule has 0 aliphatic heterocycles. The summed E-state index contributed by atoms with van der Waals surface area (Å²) < 4.78 is 2.23. The van der Waals surface area contributed by atoms with Gasteiger partial charge in [0.1, 0.15) is 0 Å². The number of hydrogen-bond acceptors (Lipinski definition) is 2. The summed E-state index contributed by atoms with van der Waals surface area (Å²) in [5, 5.41) is 4.94. The number of nitrogens with two attached hydrogens (primary N) is 1. The van der Waals surface area contributed by atoms with E-state index in [0.29, 0.717) is 5.92 Å². The van der Waals surface area contributed by atoms with Crippen LogP contribution in [0.3, 0.4) is 0 Å². The molecule has 3 nitrogen and oxygen atoms in total. The van der Waals surface area contributed by atoms with E-state index in [1.807, 2.05) is 18.2 Å². The first-order chi connectivity index (χ1) is 13.0. The Kier molecular flexibility index (Phi) is 6.00. The molecule has 0 saturated heterocycles. The fourth-order valence-electron chi connectivity index (χ4n) is 3.75. The molecule has 3 aromatic rings. The summed E-state index contributed by atoms with van der Waals surface area (Å²) in [5.41, 5.74) is 14.6. The van der Waals surface area contributed by atoms with E-state index in [4.69, 9.17) is 10.8 Å². The van der Waals surface area contributed by atoms with Gasteiger partial charge in [0.25, 0.3) is 0 Å². The number of rotatable bonds is 7. The molecule has 3 heteroatoms. The van der Waals surface area contributed by atoms with Crippen LogP contribution in [-0.2, 0) is 19.4 Å². The van der Waals surface area contributed by atoms with E-state index in [1.165, 1.54) is 22.5 Å². The van der Waals surface area contributed by atoms with Crippen LogP contribution in [0.2, 0.25) is 0 Å². The van der Waals surface area contributed by atoms with Crippen molar-refractivity contribution in [2.75, 3.05) is 5.73 Å². The monoisotopic (exact) mass is 361 g/mol. The van der Waals surface area contributed by atoms with E-state index in [2.05, 4.69) is 62.7 Å². The van der Waals surface area contributed by atoms with E-state index in [1.54, 1.807) is 0 Å². The zero-order valence-corrected chi connectivity index (χ0v) is 17.0. The van der Waals surface area contributed by atoms with Crippen LogP contribution in [0, 0.1) is 0 Å². The lowest BCUT2D eigenvalue weighted by atomic mass is 9.97. The SMILES string of the molecule is CCCn1nc(C(C)C)c(CC)c1Cc1ccc(-c2ccccc2N)cc1. The molecule has 3 rings (SSSR count). The Bertz CT molecular complexity index is 888. The van der Waals surface area contributed by atoms with Gasteiger partial charge in [-0.15, -0.1) is 0 Å². The van der Waals surface area contributed by atoms with Gasteiger partial charge in [-0.1, -0.05) is 70.2 Å². The molecule has 0 unspecified atom stereocenters. The van der Waals surface area contributed by atoms with Gasteiger partial charge in [0.2, 0.25) is 0 Å². The van der Waals surface area contributed by atoms with E-state index in [-0.39, 0.29) is 0 Å². The van der Waals surface area contributed by atoms with Crippen molar-refractivity contribution in [2.45, 2.75) is 59.4 Å². The van der Waals surface area contributed by atoms with Gasteiger partial charge in [0.05, 0.1) is 5.69 Å². The highest BCUT2D eigenvalue weighted by Crippen LogP contribution is 2.28. The van der Waals surface area contributed by atoms with Crippen LogP contribution in [-0.4, -0.2) is 9.78 Å². The minimum atomic E-state index is 0.459. The average molecular weight is 362 g/mol. The molecule has 1 aromatic heterocycles. The highest BCUT2D eigenvalue weighted by atomic mass is 15.3. The van der Waals surface area contributed by atoms with E-state index >= 15 is 0 Å². The Labute approximate surface area is 163 Å². The molecule has 0 atom stereocenters. The first kappa shape index (κ1) is 19.2. The Morgan fingerprint density at radius 3 is 2.30 bits per heavy atom. The molecule has 0 spiro atoms. The van der Waals surface area contributed by atoms with E-state index < -0.39 is 0 Å². The van der Waals surface area contributed by atoms with Crippen molar-refractivity contribution in [1.82, 2.24) is 9.78 Å².